The Balaban J connectivity index is 3.01. The van der Waals surface area contributed by atoms with Crippen LogP contribution < -0.4 is 5.30 Å². The molecule has 0 saturated carbocycles. The first-order valence-electron chi connectivity index (χ1n) is 5.10. The molecule has 19 heavy (non-hydrogen) atoms. The molecular weight excluding hydrogens is 363 g/mol. The molecule has 0 bridgehead atoms. The predicted octanol–water partition coefficient (Wildman–Crippen LogP) is 5.10. The van der Waals surface area contributed by atoms with Gasteiger partial charge < -0.3 is 0 Å². The molecule has 1 rings (SSSR count). The quantitative estimate of drug-likeness (QED) is 0.488. The van der Waals surface area contributed by atoms with E-state index in [-0.39, 0.29) is 5.30 Å². The maximum absolute atomic E-state index is 14.7. The van der Waals surface area contributed by atoms with E-state index in [0.717, 1.165) is 0 Å². The van der Waals surface area contributed by atoms with E-state index < -0.39 is 30.6 Å². The summed E-state index contributed by atoms with van der Waals surface area (Å²) in [7, 11) is -6.07. The van der Waals surface area contributed by atoms with Crippen molar-refractivity contribution in [2.45, 2.75) is 9.67 Å². The fourth-order valence-electron chi connectivity index (χ4n) is 1.21. The van der Waals surface area contributed by atoms with Crippen molar-refractivity contribution in [1.82, 2.24) is 0 Å². The van der Waals surface area contributed by atoms with Gasteiger partial charge in [-0.1, -0.05) is 0 Å². The van der Waals surface area contributed by atoms with Crippen molar-refractivity contribution in [3.63, 3.8) is 0 Å². The molecular formula is C10H11Cl4F2O2P. The summed E-state index contributed by atoms with van der Waals surface area (Å²) in [5.41, 5.74) is 0. The van der Waals surface area contributed by atoms with Crippen LogP contribution in [0.4, 0.5) is 8.39 Å². The average molecular weight is 374 g/mol. The van der Waals surface area contributed by atoms with Crippen LogP contribution in [0.15, 0.2) is 30.3 Å². The van der Waals surface area contributed by atoms with Gasteiger partial charge in [0.25, 0.3) is 0 Å². The van der Waals surface area contributed by atoms with Gasteiger partial charge in [-0.05, 0) is 0 Å². The van der Waals surface area contributed by atoms with Crippen LogP contribution in [0.25, 0.3) is 0 Å². The second-order valence-corrected chi connectivity index (χ2v) is 8.59. The minimum absolute atomic E-state index is 0.378. The van der Waals surface area contributed by atoms with Gasteiger partial charge in [0, 0.05) is 0 Å². The first-order valence-corrected chi connectivity index (χ1v) is 8.70. The molecule has 0 heterocycles. The summed E-state index contributed by atoms with van der Waals surface area (Å²) >= 11 is 21.7. The minimum atomic E-state index is -6.07. The number of rotatable bonds is 7. The van der Waals surface area contributed by atoms with Crippen LogP contribution in [-0.2, 0) is 9.05 Å². The van der Waals surface area contributed by atoms with Gasteiger partial charge in [0.2, 0.25) is 0 Å². The summed E-state index contributed by atoms with van der Waals surface area (Å²) in [5, 5.41) is -0.378. The van der Waals surface area contributed by atoms with Gasteiger partial charge in [-0.3, -0.25) is 0 Å². The molecule has 0 fully saturated rings. The van der Waals surface area contributed by atoms with Gasteiger partial charge >= 0.3 is 130 Å². The number of benzene rings is 1. The SMILES string of the molecule is FP(F)(OCC(Cl)Cl)(OCC(Cl)Cl)c1ccccc1. The van der Waals surface area contributed by atoms with Crippen molar-refractivity contribution in [3.8, 4) is 0 Å². The van der Waals surface area contributed by atoms with Gasteiger partial charge in [-0.25, -0.2) is 0 Å². The summed E-state index contributed by atoms with van der Waals surface area (Å²) in [6.07, 6.45) is 0. The van der Waals surface area contributed by atoms with Gasteiger partial charge in [0.05, 0.1) is 0 Å². The molecule has 1 aromatic rings. The van der Waals surface area contributed by atoms with Crippen molar-refractivity contribution in [1.29, 1.82) is 0 Å². The Kier molecular flexibility index (Phi) is 6.53. The second kappa shape index (κ2) is 7.04. The third-order valence-corrected chi connectivity index (χ3v) is 4.76. The molecule has 0 aliphatic rings. The molecule has 0 atom stereocenters. The molecule has 110 valence electrons. The maximum atomic E-state index is 14.7. The molecule has 0 spiro atoms. The molecule has 1 aromatic carbocycles. The monoisotopic (exact) mass is 372 g/mol. The molecule has 0 aliphatic heterocycles. The molecule has 9 heteroatoms. The molecule has 2 nitrogen and oxygen atoms in total. The van der Waals surface area contributed by atoms with Crippen LogP contribution in [0.5, 0.6) is 0 Å². The summed E-state index contributed by atoms with van der Waals surface area (Å²) in [6, 6.07) is 6.89. The molecule has 0 N–H and O–H groups in total. The van der Waals surface area contributed by atoms with E-state index in [0.29, 0.717) is 0 Å². The van der Waals surface area contributed by atoms with Crippen molar-refractivity contribution in [2.75, 3.05) is 13.2 Å². The van der Waals surface area contributed by atoms with Crippen molar-refractivity contribution < 1.29 is 17.4 Å². The molecule has 0 unspecified atom stereocenters. The van der Waals surface area contributed by atoms with Crippen molar-refractivity contribution >= 4 is 59.4 Å². The molecule has 0 saturated heterocycles. The molecule has 0 amide bonds. The Labute approximate surface area is 130 Å². The van der Waals surface area contributed by atoms with Gasteiger partial charge in [-0.2, -0.15) is 0 Å². The average Bonchev–Trinajstić information content (AvgIpc) is 2.36. The normalized spacial score (nSPS) is 14.6. The van der Waals surface area contributed by atoms with Gasteiger partial charge in [0.15, 0.2) is 0 Å². The zero-order valence-electron chi connectivity index (χ0n) is 9.49. The Bertz CT molecular complexity index is 390. The predicted molar refractivity (Wildman–Crippen MR) is 78.1 cm³/mol. The van der Waals surface area contributed by atoms with Crippen molar-refractivity contribution in [3.05, 3.63) is 30.3 Å². The van der Waals surface area contributed by atoms with Crippen molar-refractivity contribution in [2.24, 2.45) is 0 Å². The zero-order valence-corrected chi connectivity index (χ0v) is 13.4. The van der Waals surface area contributed by atoms with E-state index in [1.54, 1.807) is 6.07 Å². The van der Waals surface area contributed by atoms with Gasteiger partial charge in [-0.15, -0.1) is 0 Å². The Morgan fingerprint density at radius 2 is 1.32 bits per heavy atom. The van der Waals surface area contributed by atoms with E-state index in [1.807, 2.05) is 0 Å². The van der Waals surface area contributed by atoms with Crippen LogP contribution >= 0.6 is 54.1 Å². The third-order valence-electron chi connectivity index (χ3n) is 1.99. The number of hydrogen-bond donors (Lipinski definition) is 0. The summed E-state index contributed by atoms with van der Waals surface area (Å²) in [4.78, 5) is -2.19. The third kappa shape index (κ3) is 5.47. The van der Waals surface area contributed by atoms with Crippen LogP contribution in [0.2, 0.25) is 0 Å². The zero-order chi connectivity index (χ0) is 14.5. The Morgan fingerprint density at radius 1 is 0.895 bits per heavy atom. The Hall–Kier alpha value is 0.590. The molecule has 0 aliphatic carbocycles. The van der Waals surface area contributed by atoms with E-state index in [9.17, 15) is 8.39 Å². The summed E-state index contributed by atoms with van der Waals surface area (Å²) < 4.78 is 38.7. The fraction of sp³-hybridized carbons (Fsp3) is 0.400. The van der Waals surface area contributed by atoms with E-state index in [2.05, 4.69) is 9.05 Å². The van der Waals surface area contributed by atoms with Crippen LogP contribution in [-0.4, -0.2) is 22.9 Å². The van der Waals surface area contributed by atoms with Gasteiger partial charge in [0.1, 0.15) is 0 Å². The van der Waals surface area contributed by atoms with Crippen LogP contribution in [0.1, 0.15) is 0 Å². The number of halogens is 6. The fourth-order valence-corrected chi connectivity index (χ4v) is 3.62. The van der Waals surface area contributed by atoms with E-state index in [4.69, 9.17) is 46.4 Å². The standard InChI is InChI=1S/C10H11Cl4F2O2P/c11-9(12)6-17-19(15,16,18-7-10(13)14)8-4-2-1-3-5-8/h1-5,9-10H,6-7H2. The second-order valence-electron chi connectivity index (χ2n) is 3.48. The summed E-state index contributed by atoms with van der Waals surface area (Å²) in [6.45, 7) is -1.14. The molecule has 0 radical (unpaired) electrons. The topological polar surface area (TPSA) is 18.5 Å². The van der Waals surface area contributed by atoms with Crippen LogP contribution in [0, 0.1) is 0 Å². The molecule has 0 aromatic heterocycles. The first-order chi connectivity index (χ1) is 8.73. The van der Waals surface area contributed by atoms with E-state index in [1.165, 1.54) is 24.3 Å². The Morgan fingerprint density at radius 3 is 1.68 bits per heavy atom. The van der Waals surface area contributed by atoms with E-state index >= 15 is 0 Å². The number of hydrogen-bond acceptors (Lipinski definition) is 2. The summed E-state index contributed by atoms with van der Waals surface area (Å²) in [5.74, 6) is 0. The van der Waals surface area contributed by atoms with Crippen LogP contribution in [0.3, 0.4) is 0 Å². The first kappa shape index (κ1) is 17.6. The number of alkyl halides is 4.